The normalized spacial score (nSPS) is 11.9. The van der Waals surface area contributed by atoms with Crippen LogP contribution in [0.2, 0.25) is 0 Å². The minimum Gasteiger partial charge on any atom is -0.456 e. The van der Waals surface area contributed by atoms with Crippen molar-refractivity contribution in [3.05, 3.63) is 224 Å². The molecule has 0 aliphatic carbocycles. The SMILES string of the molecule is c1ccc(-c2nc(-c3ccccc3)nc(-n3c4ccccc4c4ccc(-c5ccc6oc7cccc(-c8ccc9c(c8)c8c%10ccccc%10ccc8n9-c8ccccc8)c7c6c5)cc43)n2)cc1. The molecule has 0 N–H and O–H groups in total. The predicted octanol–water partition coefficient (Wildman–Crippen LogP) is 15.8. The molecule has 0 aliphatic rings. The lowest BCUT2D eigenvalue weighted by Crippen LogP contribution is -2.06. The monoisotopic (exact) mass is 855 g/mol. The average molecular weight is 856 g/mol. The molecule has 0 amide bonds. The number of hydrogen-bond donors (Lipinski definition) is 0. The molecule has 4 heterocycles. The molecule has 0 bridgehead atoms. The topological polar surface area (TPSA) is 61.7 Å². The van der Waals surface area contributed by atoms with Crippen molar-refractivity contribution in [1.82, 2.24) is 24.1 Å². The van der Waals surface area contributed by atoms with E-state index in [4.69, 9.17) is 19.4 Å². The van der Waals surface area contributed by atoms with Crippen LogP contribution < -0.4 is 0 Å². The van der Waals surface area contributed by atoms with Gasteiger partial charge < -0.3 is 8.98 Å². The van der Waals surface area contributed by atoms with Crippen LogP contribution in [0.3, 0.4) is 0 Å². The van der Waals surface area contributed by atoms with Crippen molar-refractivity contribution in [2.24, 2.45) is 0 Å². The van der Waals surface area contributed by atoms with Crippen molar-refractivity contribution in [2.75, 3.05) is 0 Å². The van der Waals surface area contributed by atoms with Gasteiger partial charge in [0.05, 0.1) is 22.1 Å². The van der Waals surface area contributed by atoms with Gasteiger partial charge in [0.25, 0.3) is 0 Å². The van der Waals surface area contributed by atoms with Crippen LogP contribution in [0, 0.1) is 0 Å². The van der Waals surface area contributed by atoms with Crippen LogP contribution in [0.4, 0.5) is 0 Å². The van der Waals surface area contributed by atoms with Crippen LogP contribution in [0.15, 0.2) is 229 Å². The van der Waals surface area contributed by atoms with E-state index in [0.717, 1.165) is 82.8 Å². The molecule has 0 saturated heterocycles. The van der Waals surface area contributed by atoms with Crippen LogP contribution in [0.5, 0.6) is 0 Å². The number of nitrogens with zero attached hydrogens (tertiary/aromatic N) is 5. The highest BCUT2D eigenvalue weighted by Crippen LogP contribution is 2.43. The largest absolute Gasteiger partial charge is 0.456 e. The lowest BCUT2D eigenvalue weighted by molar-refractivity contribution is 0.669. The van der Waals surface area contributed by atoms with E-state index in [0.29, 0.717) is 17.6 Å². The minimum atomic E-state index is 0.564. The maximum atomic E-state index is 6.63. The summed E-state index contributed by atoms with van der Waals surface area (Å²) in [4.78, 5) is 15.3. The number of fused-ring (bicyclic) bond motifs is 11. The number of aromatic nitrogens is 5. The van der Waals surface area contributed by atoms with Gasteiger partial charge in [0.1, 0.15) is 11.2 Å². The zero-order chi connectivity index (χ0) is 44.0. The lowest BCUT2D eigenvalue weighted by atomic mass is 9.95. The lowest BCUT2D eigenvalue weighted by Gasteiger charge is -2.11. The minimum absolute atomic E-state index is 0.564. The van der Waals surface area contributed by atoms with Crippen molar-refractivity contribution in [2.45, 2.75) is 0 Å². The summed E-state index contributed by atoms with van der Waals surface area (Å²) in [7, 11) is 0. The molecule has 10 aromatic carbocycles. The Morgan fingerprint density at radius 1 is 0.313 bits per heavy atom. The molecule has 0 fully saturated rings. The van der Waals surface area contributed by atoms with Gasteiger partial charge in [-0.3, -0.25) is 4.57 Å². The van der Waals surface area contributed by atoms with Crippen molar-refractivity contribution < 1.29 is 4.42 Å². The molecule has 0 saturated carbocycles. The quantitative estimate of drug-likeness (QED) is 0.167. The van der Waals surface area contributed by atoms with Gasteiger partial charge in [-0.25, -0.2) is 4.98 Å². The van der Waals surface area contributed by atoms with E-state index in [2.05, 4.69) is 173 Å². The smallest absolute Gasteiger partial charge is 0.238 e. The van der Waals surface area contributed by atoms with Gasteiger partial charge in [-0.05, 0) is 93.7 Å². The molecular weight excluding hydrogens is 819 g/mol. The van der Waals surface area contributed by atoms with E-state index >= 15 is 0 Å². The Labute approximate surface area is 384 Å². The van der Waals surface area contributed by atoms with Crippen LogP contribution in [0.25, 0.3) is 133 Å². The second-order valence-corrected chi connectivity index (χ2v) is 17.2. The Hall–Kier alpha value is -9.13. The third-order valence-electron chi connectivity index (χ3n) is 13.4. The molecule has 6 nitrogen and oxygen atoms in total. The van der Waals surface area contributed by atoms with Gasteiger partial charge in [-0.2, -0.15) is 9.97 Å². The fraction of sp³-hybridized carbons (Fsp3) is 0. The second-order valence-electron chi connectivity index (χ2n) is 17.2. The highest BCUT2D eigenvalue weighted by Gasteiger charge is 2.21. The summed E-state index contributed by atoms with van der Waals surface area (Å²) in [5.74, 6) is 1.80. The van der Waals surface area contributed by atoms with Crippen LogP contribution in [-0.4, -0.2) is 24.1 Å². The van der Waals surface area contributed by atoms with Gasteiger partial charge in [-0.1, -0.05) is 164 Å². The van der Waals surface area contributed by atoms with Crippen molar-refractivity contribution >= 4 is 76.3 Å². The number of furan rings is 1. The van der Waals surface area contributed by atoms with E-state index in [1.54, 1.807) is 0 Å². The fourth-order valence-electron chi connectivity index (χ4n) is 10.3. The molecule has 14 aromatic rings. The highest BCUT2D eigenvalue weighted by molar-refractivity contribution is 6.23. The van der Waals surface area contributed by atoms with Crippen LogP contribution >= 0.6 is 0 Å². The Morgan fingerprint density at radius 3 is 1.72 bits per heavy atom. The predicted molar refractivity (Wildman–Crippen MR) is 275 cm³/mol. The van der Waals surface area contributed by atoms with Gasteiger partial charge in [-0.15, -0.1) is 0 Å². The molecule has 4 aromatic heterocycles. The van der Waals surface area contributed by atoms with Gasteiger partial charge in [0.15, 0.2) is 11.6 Å². The van der Waals surface area contributed by atoms with E-state index in [9.17, 15) is 0 Å². The van der Waals surface area contributed by atoms with Gasteiger partial charge in [0, 0.05) is 49.1 Å². The Balaban J connectivity index is 0.954. The third-order valence-corrected chi connectivity index (χ3v) is 13.4. The molecule has 67 heavy (non-hydrogen) atoms. The van der Waals surface area contributed by atoms with Gasteiger partial charge in [0.2, 0.25) is 5.95 Å². The van der Waals surface area contributed by atoms with Crippen molar-refractivity contribution in [3.8, 4) is 56.7 Å². The first-order chi connectivity index (χ1) is 33.2. The standard InChI is InChI=1S/C61H37N5O/c1-4-16-39(17-5-1)59-62-60(40-18-6-2-7-19-40)64-61(63-59)66-51-25-13-12-23-47(51)48-31-27-42(37-54(48)66)41-30-34-55-50(35-41)58-46(24-14-26-56(58)67-55)43-29-32-52-49(36-43)57-45-22-11-10-15-38(45)28-33-53(57)65(52)44-20-8-3-9-21-44/h1-37H. The molecule has 6 heteroatoms. The summed E-state index contributed by atoms with van der Waals surface area (Å²) in [6, 6.07) is 79.3. The molecular formula is C61H37N5O. The first-order valence-corrected chi connectivity index (χ1v) is 22.6. The molecule has 0 atom stereocenters. The highest BCUT2D eigenvalue weighted by atomic mass is 16.3. The number of para-hydroxylation sites is 2. The first-order valence-electron chi connectivity index (χ1n) is 22.6. The molecule has 0 radical (unpaired) electrons. The summed E-state index contributed by atoms with van der Waals surface area (Å²) in [6.45, 7) is 0. The Kier molecular flexibility index (Phi) is 8.18. The third kappa shape index (κ3) is 5.86. The second kappa shape index (κ2) is 14.7. The Morgan fingerprint density at radius 2 is 0.925 bits per heavy atom. The first kappa shape index (κ1) is 37.3. The number of benzene rings is 10. The van der Waals surface area contributed by atoms with Crippen molar-refractivity contribution in [3.63, 3.8) is 0 Å². The molecule has 0 spiro atoms. The van der Waals surface area contributed by atoms with E-state index in [1.165, 1.54) is 32.6 Å². The maximum absolute atomic E-state index is 6.63. The maximum Gasteiger partial charge on any atom is 0.238 e. The molecule has 0 aliphatic heterocycles. The van der Waals surface area contributed by atoms with E-state index in [-0.39, 0.29) is 0 Å². The average Bonchev–Trinajstić information content (AvgIpc) is 4.06. The van der Waals surface area contributed by atoms with Crippen LogP contribution in [0.1, 0.15) is 0 Å². The summed E-state index contributed by atoms with van der Waals surface area (Å²) in [5.41, 5.74) is 13.5. The summed E-state index contributed by atoms with van der Waals surface area (Å²) >= 11 is 0. The van der Waals surface area contributed by atoms with E-state index < -0.39 is 0 Å². The molecule has 0 unspecified atom stereocenters. The molecule has 312 valence electrons. The Bertz CT molecular complexity index is 4210. The number of hydrogen-bond acceptors (Lipinski definition) is 4. The number of rotatable bonds is 6. The summed E-state index contributed by atoms with van der Waals surface area (Å²) in [5, 5.41) is 9.35. The summed E-state index contributed by atoms with van der Waals surface area (Å²) in [6.07, 6.45) is 0. The van der Waals surface area contributed by atoms with Crippen LogP contribution in [-0.2, 0) is 0 Å². The zero-order valence-electron chi connectivity index (χ0n) is 36.0. The zero-order valence-corrected chi connectivity index (χ0v) is 36.0. The van der Waals surface area contributed by atoms with Gasteiger partial charge >= 0.3 is 0 Å². The molecule has 14 rings (SSSR count). The summed E-state index contributed by atoms with van der Waals surface area (Å²) < 4.78 is 11.2. The van der Waals surface area contributed by atoms with E-state index in [1.807, 2.05) is 60.7 Å². The fourth-order valence-corrected chi connectivity index (χ4v) is 10.3. The van der Waals surface area contributed by atoms with Crippen molar-refractivity contribution in [1.29, 1.82) is 0 Å².